The lowest BCUT2D eigenvalue weighted by Crippen LogP contribution is -2.21. The molecule has 1 aromatic rings. The average Bonchev–Trinajstić information content (AvgIpc) is 2.86. The summed E-state index contributed by atoms with van der Waals surface area (Å²) in [5, 5.41) is 2.79. The van der Waals surface area contributed by atoms with E-state index in [2.05, 4.69) is 5.32 Å². The molecule has 0 heterocycles. The predicted molar refractivity (Wildman–Crippen MR) is 59.4 cm³/mol. The van der Waals surface area contributed by atoms with E-state index in [0.29, 0.717) is 5.69 Å². The van der Waals surface area contributed by atoms with E-state index in [1.165, 1.54) is 18.6 Å². The molecule has 0 aliphatic heterocycles. The smallest absolute Gasteiger partial charge is 0.227 e. The number of rotatable bonds is 2. The predicted octanol–water partition coefficient (Wildman–Crippen LogP) is 2.81. The SMILES string of the molecule is O=C(Nc1cccc(F)c1)C1CC2CC2C1. The van der Waals surface area contributed by atoms with Crippen molar-refractivity contribution in [1.82, 2.24) is 0 Å². The van der Waals surface area contributed by atoms with E-state index in [0.717, 1.165) is 24.7 Å². The fourth-order valence-electron chi connectivity index (χ4n) is 2.74. The number of nitrogens with one attached hydrogen (secondary N) is 1. The van der Waals surface area contributed by atoms with Crippen molar-refractivity contribution in [2.45, 2.75) is 19.3 Å². The van der Waals surface area contributed by atoms with Crippen molar-refractivity contribution in [3.63, 3.8) is 0 Å². The summed E-state index contributed by atoms with van der Waals surface area (Å²) in [6, 6.07) is 6.06. The second-order valence-corrected chi connectivity index (χ2v) is 4.92. The van der Waals surface area contributed by atoms with E-state index < -0.39 is 0 Å². The molecule has 2 nitrogen and oxygen atoms in total. The van der Waals surface area contributed by atoms with Crippen LogP contribution >= 0.6 is 0 Å². The largest absolute Gasteiger partial charge is 0.326 e. The fourth-order valence-corrected chi connectivity index (χ4v) is 2.74. The lowest BCUT2D eigenvalue weighted by atomic mass is 10.0. The molecule has 16 heavy (non-hydrogen) atoms. The van der Waals surface area contributed by atoms with Gasteiger partial charge in [-0.15, -0.1) is 0 Å². The zero-order valence-electron chi connectivity index (χ0n) is 8.95. The van der Waals surface area contributed by atoms with Gasteiger partial charge in [0.1, 0.15) is 5.82 Å². The molecule has 1 amide bonds. The number of hydrogen-bond acceptors (Lipinski definition) is 1. The van der Waals surface area contributed by atoms with Crippen LogP contribution in [0.2, 0.25) is 0 Å². The maximum Gasteiger partial charge on any atom is 0.227 e. The van der Waals surface area contributed by atoms with Crippen LogP contribution in [0.1, 0.15) is 19.3 Å². The van der Waals surface area contributed by atoms with Crippen LogP contribution in [0.5, 0.6) is 0 Å². The molecular formula is C13H14FNO. The molecule has 2 atom stereocenters. The monoisotopic (exact) mass is 219 g/mol. The van der Waals surface area contributed by atoms with Crippen molar-refractivity contribution < 1.29 is 9.18 Å². The van der Waals surface area contributed by atoms with E-state index in [9.17, 15) is 9.18 Å². The number of halogens is 1. The molecule has 0 radical (unpaired) electrons. The quantitative estimate of drug-likeness (QED) is 0.814. The Bertz CT molecular complexity index is 422. The first-order chi connectivity index (χ1) is 7.72. The second-order valence-electron chi connectivity index (χ2n) is 4.92. The highest BCUT2D eigenvalue weighted by Gasteiger charge is 2.47. The van der Waals surface area contributed by atoms with Crippen LogP contribution in [0.25, 0.3) is 0 Å². The van der Waals surface area contributed by atoms with Gasteiger partial charge in [0.05, 0.1) is 0 Å². The summed E-state index contributed by atoms with van der Waals surface area (Å²) in [5.41, 5.74) is 0.561. The lowest BCUT2D eigenvalue weighted by Gasteiger charge is -2.12. The summed E-state index contributed by atoms with van der Waals surface area (Å²) in [5.74, 6) is 1.48. The highest BCUT2D eigenvalue weighted by atomic mass is 19.1. The van der Waals surface area contributed by atoms with E-state index in [-0.39, 0.29) is 17.6 Å². The minimum absolute atomic E-state index is 0.0535. The van der Waals surface area contributed by atoms with Gasteiger partial charge in [-0.2, -0.15) is 0 Å². The van der Waals surface area contributed by atoms with Crippen LogP contribution < -0.4 is 5.32 Å². The van der Waals surface area contributed by atoms with Gasteiger partial charge < -0.3 is 5.32 Å². The molecule has 3 heteroatoms. The Hall–Kier alpha value is -1.38. The third-order valence-corrected chi connectivity index (χ3v) is 3.71. The maximum absolute atomic E-state index is 12.9. The number of fused-ring (bicyclic) bond motifs is 1. The normalized spacial score (nSPS) is 30.9. The summed E-state index contributed by atoms with van der Waals surface area (Å²) in [7, 11) is 0. The van der Waals surface area contributed by atoms with E-state index in [4.69, 9.17) is 0 Å². The van der Waals surface area contributed by atoms with Crippen molar-refractivity contribution in [3.05, 3.63) is 30.1 Å². The van der Waals surface area contributed by atoms with Crippen LogP contribution in [0.4, 0.5) is 10.1 Å². The minimum atomic E-state index is -0.313. The number of carbonyl (C=O) groups is 1. The third-order valence-electron chi connectivity index (χ3n) is 3.71. The van der Waals surface area contributed by atoms with Gasteiger partial charge in [-0.3, -0.25) is 4.79 Å². The zero-order valence-corrected chi connectivity index (χ0v) is 8.95. The van der Waals surface area contributed by atoms with Crippen molar-refractivity contribution >= 4 is 11.6 Å². The van der Waals surface area contributed by atoms with Gasteiger partial charge in [0, 0.05) is 11.6 Å². The molecule has 2 saturated carbocycles. The molecule has 0 saturated heterocycles. The van der Waals surface area contributed by atoms with Crippen molar-refractivity contribution in [3.8, 4) is 0 Å². The van der Waals surface area contributed by atoms with Gasteiger partial charge >= 0.3 is 0 Å². The molecule has 0 bridgehead atoms. The molecule has 3 rings (SSSR count). The summed E-state index contributed by atoms with van der Waals surface area (Å²) >= 11 is 0. The molecule has 0 spiro atoms. The number of hydrogen-bond donors (Lipinski definition) is 1. The van der Waals surface area contributed by atoms with Crippen LogP contribution in [0, 0.1) is 23.6 Å². The second kappa shape index (κ2) is 3.58. The first kappa shape index (κ1) is 9.82. The third kappa shape index (κ3) is 1.82. The Balaban J connectivity index is 1.64. The zero-order chi connectivity index (χ0) is 11.1. The first-order valence-corrected chi connectivity index (χ1v) is 5.79. The number of carbonyl (C=O) groups excluding carboxylic acids is 1. The van der Waals surface area contributed by atoms with Crippen molar-refractivity contribution in [1.29, 1.82) is 0 Å². The van der Waals surface area contributed by atoms with E-state index in [1.54, 1.807) is 12.1 Å². The van der Waals surface area contributed by atoms with Gasteiger partial charge in [0.25, 0.3) is 0 Å². The molecule has 1 N–H and O–H groups in total. The Morgan fingerprint density at radius 2 is 2.00 bits per heavy atom. The minimum Gasteiger partial charge on any atom is -0.326 e. The number of amides is 1. The molecule has 2 unspecified atom stereocenters. The van der Waals surface area contributed by atoms with Gasteiger partial charge in [-0.05, 0) is 49.3 Å². The summed E-state index contributed by atoms with van der Waals surface area (Å²) in [4.78, 5) is 11.9. The molecule has 0 aromatic heterocycles. The summed E-state index contributed by atoms with van der Waals surface area (Å²) < 4.78 is 12.9. The van der Waals surface area contributed by atoms with Crippen molar-refractivity contribution in [2.24, 2.45) is 17.8 Å². The van der Waals surface area contributed by atoms with Gasteiger partial charge in [-0.25, -0.2) is 4.39 Å². The Morgan fingerprint density at radius 3 is 2.69 bits per heavy atom. The molecule has 84 valence electrons. The molecule has 2 fully saturated rings. The van der Waals surface area contributed by atoms with Crippen molar-refractivity contribution in [2.75, 3.05) is 5.32 Å². The van der Waals surface area contributed by atoms with E-state index in [1.807, 2.05) is 0 Å². The van der Waals surface area contributed by atoms with Crippen LogP contribution in [-0.4, -0.2) is 5.91 Å². The highest BCUT2D eigenvalue weighted by molar-refractivity contribution is 5.92. The Labute approximate surface area is 93.9 Å². The molecule has 2 aliphatic carbocycles. The van der Waals surface area contributed by atoms with E-state index >= 15 is 0 Å². The highest BCUT2D eigenvalue weighted by Crippen LogP contribution is 2.54. The van der Waals surface area contributed by atoms with Crippen LogP contribution in [0.15, 0.2) is 24.3 Å². The molecule has 1 aromatic carbocycles. The van der Waals surface area contributed by atoms with Crippen LogP contribution in [-0.2, 0) is 4.79 Å². The van der Waals surface area contributed by atoms with Gasteiger partial charge in [0.15, 0.2) is 0 Å². The van der Waals surface area contributed by atoms with Crippen LogP contribution in [0.3, 0.4) is 0 Å². The molecule has 2 aliphatic rings. The van der Waals surface area contributed by atoms with Gasteiger partial charge in [0.2, 0.25) is 5.91 Å². The number of benzene rings is 1. The van der Waals surface area contributed by atoms with Gasteiger partial charge in [-0.1, -0.05) is 6.07 Å². The topological polar surface area (TPSA) is 29.1 Å². The maximum atomic E-state index is 12.9. The summed E-state index contributed by atoms with van der Waals surface area (Å²) in [6.07, 6.45) is 3.35. The Morgan fingerprint density at radius 1 is 1.25 bits per heavy atom. The standard InChI is InChI=1S/C13H14FNO/c14-11-2-1-3-12(7-11)15-13(16)10-5-8-4-9(8)6-10/h1-3,7-10H,4-6H2,(H,15,16). The number of anilines is 1. The fraction of sp³-hybridized carbons (Fsp3) is 0.462. The average molecular weight is 219 g/mol. The Kier molecular flexibility index (Phi) is 2.20. The first-order valence-electron chi connectivity index (χ1n) is 5.79. The summed E-state index contributed by atoms with van der Waals surface area (Å²) in [6.45, 7) is 0. The lowest BCUT2D eigenvalue weighted by molar-refractivity contribution is -0.120. The molecular weight excluding hydrogens is 205 g/mol.